The van der Waals surface area contributed by atoms with Gasteiger partial charge in [-0.15, -0.1) is 11.3 Å². The Morgan fingerprint density at radius 1 is 1.19 bits per heavy atom. The van der Waals surface area contributed by atoms with E-state index in [0.717, 1.165) is 5.56 Å². The van der Waals surface area contributed by atoms with Crippen LogP contribution in [0.3, 0.4) is 0 Å². The number of rotatable bonds is 5. The van der Waals surface area contributed by atoms with Crippen LogP contribution in [0.2, 0.25) is 0 Å². The highest BCUT2D eigenvalue weighted by Crippen LogP contribution is 2.24. The molecule has 1 aromatic carbocycles. The van der Waals surface area contributed by atoms with Crippen molar-refractivity contribution in [2.75, 3.05) is 5.32 Å². The maximum absolute atomic E-state index is 12.0. The summed E-state index contributed by atoms with van der Waals surface area (Å²) in [5.41, 5.74) is 1.43. The second kappa shape index (κ2) is 7.04. The van der Waals surface area contributed by atoms with Gasteiger partial charge < -0.3 is 10.1 Å². The van der Waals surface area contributed by atoms with Crippen molar-refractivity contribution in [1.82, 2.24) is 0 Å². The van der Waals surface area contributed by atoms with Gasteiger partial charge in [0.2, 0.25) is 5.91 Å². The summed E-state index contributed by atoms with van der Waals surface area (Å²) in [5.74, 6) is -0.562. The highest BCUT2D eigenvalue weighted by molar-refractivity contribution is 7.12. The number of anilines is 1. The fourth-order valence-corrected chi connectivity index (χ4v) is 2.54. The van der Waals surface area contributed by atoms with Crippen molar-refractivity contribution in [3.05, 3.63) is 52.2 Å². The van der Waals surface area contributed by atoms with Crippen LogP contribution in [0, 0.1) is 0 Å². The molecule has 1 heterocycles. The van der Waals surface area contributed by atoms with Crippen LogP contribution in [-0.2, 0) is 16.0 Å². The highest BCUT2D eigenvalue weighted by Gasteiger charge is 2.17. The van der Waals surface area contributed by atoms with Gasteiger partial charge in [-0.25, -0.2) is 4.79 Å². The van der Waals surface area contributed by atoms with Crippen molar-refractivity contribution in [1.29, 1.82) is 0 Å². The van der Waals surface area contributed by atoms with E-state index in [0.29, 0.717) is 10.6 Å². The van der Waals surface area contributed by atoms with Gasteiger partial charge in [-0.2, -0.15) is 0 Å². The van der Waals surface area contributed by atoms with Gasteiger partial charge in [-0.1, -0.05) is 30.3 Å². The average Bonchev–Trinajstić information content (AvgIpc) is 2.87. The zero-order chi connectivity index (χ0) is 15.2. The number of benzene rings is 1. The molecule has 5 heteroatoms. The van der Waals surface area contributed by atoms with E-state index in [-0.39, 0.29) is 18.4 Å². The zero-order valence-corrected chi connectivity index (χ0v) is 12.8. The lowest BCUT2D eigenvalue weighted by Crippen LogP contribution is -2.17. The Hall–Kier alpha value is -2.14. The fraction of sp³-hybridized carbons (Fsp3) is 0.250. The van der Waals surface area contributed by atoms with E-state index in [4.69, 9.17) is 4.74 Å². The van der Waals surface area contributed by atoms with E-state index in [1.54, 1.807) is 25.3 Å². The Morgan fingerprint density at radius 3 is 2.57 bits per heavy atom. The molecular formula is C16H17NO3S. The van der Waals surface area contributed by atoms with E-state index in [9.17, 15) is 9.59 Å². The molecule has 0 saturated carbocycles. The van der Waals surface area contributed by atoms with Gasteiger partial charge in [0, 0.05) is 0 Å². The molecule has 0 saturated heterocycles. The molecule has 2 aromatic rings. The smallest absolute Gasteiger partial charge is 0.350 e. The summed E-state index contributed by atoms with van der Waals surface area (Å²) in [4.78, 5) is 24.4. The first-order valence-electron chi connectivity index (χ1n) is 6.68. The van der Waals surface area contributed by atoms with Crippen molar-refractivity contribution < 1.29 is 14.3 Å². The number of nitrogens with one attached hydrogen (secondary N) is 1. The minimum atomic E-state index is -0.407. The van der Waals surface area contributed by atoms with E-state index in [1.165, 1.54) is 11.3 Å². The number of carbonyl (C=O) groups excluding carboxylic acids is 2. The molecule has 21 heavy (non-hydrogen) atoms. The molecule has 0 atom stereocenters. The third-order valence-electron chi connectivity index (χ3n) is 2.67. The molecule has 4 nitrogen and oxygen atoms in total. The van der Waals surface area contributed by atoms with Crippen LogP contribution in [0.25, 0.3) is 0 Å². The third-order valence-corrected chi connectivity index (χ3v) is 3.57. The molecule has 1 amide bonds. The Bertz CT molecular complexity index is 619. The first-order chi connectivity index (χ1) is 10.1. The Kier molecular flexibility index (Phi) is 5.11. The minimum absolute atomic E-state index is 0.154. The molecule has 1 N–H and O–H groups in total. The topological polar surface area (TPSA) is 55.4 Å². The molecule has 0 unspecified atom stereocenters. The molecule has 0 radical (unpaired) electrons. The third kappa shape index (κ3) is 4.43. The molecule has 0 fully saturated rings. The van der Waals surface area contributed by atoms with Gasteiger partial charge in [-0.3, -0.25) is 4.79 Å². The molecule has 0 aliphatic heterocycles. The predicted octanol–water partition coefficient (Wildman–Crippen LogP) is 3.49. The Balaban J connectivity index is 2.02. The molecule has 0 bridgehead atoms. The Morgan fingerprint density at radius 2 is 1.90 bits per heavy atom. The predicted molar refractivity (Wildman–Crippen MR) is 83.6 cm³/mol. The van der Waals surface area contributed by atoms with Gasteiger partial charge in [-0.05, 0) is 30.9 Å². The van der Waals surface area contributed by atoms with Gasteiger partial charge in [0.25, 0.3) is 0 Å². The SMILES string of the molecule is CC(C)OC(=O)c1sccc1NC(=O)Cc1ccccc1. The largest absolute Gasteiger partial charge is 0.459 e. The molecule has 0 aliphatic carbocycles. The van der Waals surface area contributed by atoms with Crippen molar-refractivity contribution in [2.24, 2.45) is 0 Å². The second-order valence-electron chi connectivity index (χ2n) is 4.83. The molecule has 2 rings (SSSR count). The van der Waals surface area contributed by atoms with E-state index >= 15 is 0 Å². The number of ether oxygens (including phenoxy) is 1. The average molecular weight is 303 g/mol. The van der Waals surface area contributed by atoms with Crippen molar-refractivity contribution >= 4 is 28.9 Å². The van der Waals surface area contributed by atoms with Crippen molar-refractivity contribution in [3.8, 4) is 0 Å². The van der Waals surface area contributed by atoms with Gasteiger partial charge >= 0.3 is 5.97 Å². The van der Waals surface area contributed by atoms with Crippen LogP contribution >= 0.6 is 11.3 Å². The van der Waals surface area contributed by atoms with Crippen molar-refractivity contribution in [3.63, 3.8) is 0 Å². The lowest BCUT2D eigenvalue weighted by molar-refractivity contribution is -0.115. The summed E-state index contributed by atoms with van der Waals surface area (Å²) in [6.45, 7) is 3.58. The number of amides is 1. The lowest BCUT2D eigenvalue weighted by Gasteiger charge is -2.09. The van der Waals surface area contributed by atoms with Crippen LogP contribution in [0.15, 0.2) is 41.8 Å². The van der Waals surface area contributed by atoms with Crippen LogP contribution in [-0.4, -0.2) is 18.0 Å². The van der Waals surface area contributed by atoms with Crippen LogP contribution in [0.4, 0.5) is 5.69 Å². The quantitative estimate of drug-likeness (QED) is 0.860. The summed E-state index contributed by atoms with van der Waals surface area (Å²) < 4.78 is 5.16. The molecule has 110 valence electrons. The first kappa shape index (κ1) is 15.3. The van der Waals surface area contributed by atoms with Crippen LogP contribution < -0.4 is 5.32 Å². The Labute approximate surface area is 127 Å². The lowest BCUT2D eigenvalue weighted by atomic mass is 10.1. The molecule has 0 aliphatic rings. The van der Waals surface area contributed by atoms with Crippen molar-refractivity contribution in [2.45, 2.75) is 26.4 Å². The summed E-state index contributed by atoms with van der Waals surface area (Å²) >= 11 is 1.26. The summed E-state index contributed by atoms with van der Waals surface area (Å²) in [6, 6.07) is 11.2. The maximum atomic E-state index is 12.0. The number of thiophene rings is 1. The number of hydrogen-bond acceptors (Lipinski definition) is 4. The van der Waals surface area contributed by atoms with Gasteiger partial charge in [0.05, 0.1) is 18.2 Å². The monoisotopic (exact) mass is 303 g/mol. The highest BCUT2D eigenvalue weighted by atomic mass is 32.1. The normalized spacial score (nSPS) is 10.4. The number of esters is 1. The fourth-order valence-electron chi connectivity index (χ4n) is 1.81. The van der Waals surface area contributed by atoms with Gasteiger partial charge in [0.15, 0.2) is 0 Å². The molecular weight excluding hydrogens is 286 g/mol. The van der Waals surface area contributed by atoms with Crippen LogP contribution in [0.5, 0.6) is 0 Å². The second-order valence-corrected chi connectivity index (χ2v) is 5.74. The molecule has 1 aromatic heterocycles. The number of hydrogen-bond donors (Lipinski definition) is 1. The van der Waals surface area contributed by atoms with E-state index in [1.807, 2.05) is 30.3 Å². The summed E-state index contributed by atoms with van der Waals surface area (Å²) in [7, 11) is 0. The first-order valence-corrected chi connectivity index (χ1v) is 7.56. The van der Waals surface area contributed by atoms with E-state index < -0.39 is 5.97 Å². The van der Waals surface area contributed by atoms with Gasteiger partial charge in [0.1, 0.15) is 4.88 Å². The zero-order valence-electron chi connectivity index (χ0n) is 12.0. The number of carbonyl (C=O) groups is 2. The van der Waals surface area contributed by atoms with E-state index in [2.05, 4.69) is 5.32 Å². The molecule has 0 spiro atoms. The van der Waals surface area contributed by atoms with Crippen LogP contribution in [0.1, 0.15) is 29.1 Å². The minimum Gasteiger partial charge on any atom is -0.459 e. The summed E-state index contributed by atoms with van der Waals surface area (Å²) in [6.07, 6.45) is 0.0856. The maximum Gasteiger partial charge on any atom is 0.350 e. The standard InChI is InChI=1S/C16H17NO3S/c1-11(2)20-16(19)15-13(8-9-21-15)17-14(18)10-12-6-4-3-5-7-12/h3-9,11H,10H2,1-2H3,(H,17,18). The summed E-state index contributed by atoms with van der Waals surface area (Å²) in [5, 5.41) is 4.52.